The maximum Gasteiger partial charge on any atom is 0.333 e. The van der Waals surface area contributed by atoms with Crippen molar-refractivity contribution >= 4 is 5.97 Å². The van der Waals surface area contributed by atoms with Crippen molar-refractivity contribution < 1.29 is 24.1 Å². The maximum atomic E-state index is 11.2. The normalized spacial score (nSPS) is 14.4. The second-order valence-corrected chi connectivity index (χ2v) is 4.63. The number of carbonyl (C=O) groups is 1. The van der Waals surface area contributed by atoms with Crippen molar-refractivity contribution in [3.63, 3.8) is 0 Å². The van der Waals surface area contributed by atoms with Crippen LogP contribution in [-0.4, -0.2) is 38.0 Å². The van der Waals surface area contributed by atoms with Crippen molar-refractivity contribution in [1.29, 1.82) is 0 Å². The van der Waals surface area contributed by atoms with Gasteiger partial charge in [-0.05, 0) is 5.56 Å². The molecule has 1 aromatic rings. The molecule has 1 rings (SSSR count). The Morgan fingerprint density at radius 1 is 1.24 bits per heavy atom. The Kier molecular flexibility index (Phi) is 7.50. The third-order valence-electron chi connectivity index (χ3n) is 3.12. The lowest BCUT2D eigenvalue weighted by Gasteiger charge is -2.20. The lowest BCUT2D eigenvalue weighted by molar-refractivity contribution is -0.135. The van der Waals surface area contributed by atoms with Gasteiger partial charge in [-0.15, -0.1) is 0 Å². The van der Waals surface area contributed by atoms with Gasteiger partial charge >= 0.3 is 5.97 Å². The van der Waals surface area contributed by atoms with Gasteiger partial charge in [-0.3, -0.25) is 0 Å². The van der Waals surface area contributed by atoms with Gasteiger partial charge in [-0.2, -0.15) is 0 Å². The van der Waals surface area contributed by atoms with Gasteiger partial charge in [-0.25, -0.2) is 4.79 Å². The first-order valence-corrected chi connectivity index (χ1v) is 6.71. The molecular weight excluding hydrogens is 272 g/mol. The molecule has 0 amide bonds. The van der Waals surface area contributed by atoms with E-state index in [0.29, 0.717) is 12.4 Å². The molecule has 0 saturated carbocycles. The third-order valence-corrected chi connectivity index (χ3v) is 3.12. The number of hydrogen-bond donors (Lipinski definition) is 1. The number of methoxy groups -OCH3 is 2. The Morgan fingerprint density at radius 2 is 1.90 bits per heavy atom. The molecule has 0 heterocycles. The Morgan fingerprint density at radius 3 is 2.48 bits per heavy atom. The highest BCUT2D eigenvalue weighted by Crippen LogP contribution is 2.16. The van der Waals surface area contributed by atoms with Crippen molar-refractivity contribution in [1.82, 2.24) is 0 Å². The molecule has 5 heteroatoms. The fourth-order valence-electron chi connectivity index (χ4n) is 1.76. The SMILES string of the molecule is COC(=O)/C=C(/OC)C(C)C(O)COCc1ccccc1. The summed E-state index contributed by atoms with van der Waals surface area (Å²) in [5, 5.41) is 10.1. The molecule has 0 aliphatic heterocycles. The molecule has 2 atom stereocenters. The number of hydrogen-bond acceptors (Lipinski definition) is 5. The van der Waals surface area contributed by atoms with Gasteiger partial charge in [0.05, 0.1) is 39.6 Å². The van der Waals surface area contributed by atoms with E-state index < -0.39 is 12.1 Å². The molecule has 0 aliphatic rings. The molecule has 21 heavy (non-hydrogen) atoms. The number of aliphatic hydroxyl groups is 1. The van der Waals surface area contributed by atoms with E-state index in [1.54, 1.807) is 6.92 Å². The van der Waals surface area contributed by atoms with Crippen molar-refractivity contribution in [2.45, 2.75) is 19.6 Å². The molecule has 2 unspecified atom stereocenters. The van der Waals surface area contributed by atoms with Crippen molar-refractivity contribution in [2.24, 2.45) is 5.92 Å². The van der Waals surface area contributed by atoms with E-state index in [1.807, 2.05) is 30.3 Å². The lowest BCUT2D eigenvalue weighted by Crippen LogP contribution is -2.26. The minimum absolute atomic E-state index is 0.151. The van der Waals surface area contributed by atoms with Crippen LogP contribution in [0.5, 0.6) is 0 Å². The number of benzene rings is 1. The van der Waals surface area contributed by atoms with Crippen molar-refractivity contribution in [2.75, 3.05) is 20.8 Å². The van der Waals surface area contributed by atoms with E-state index in [2.05, 4.69) is 4.74 Å². The highest BCUT2D eigenvalue weighted by molar-refractivity contribution is 5.82. The summed E-state index contributed by atoms with van der Waals surface area (Å²) in [4.78, 5) is 11.2. The first-order chi connectivity index (χ1) is 10.1. The number of aliphatic hydroxyl groups excluding tert-OH is 1. The molecule has 5 nitrogen and oxygen atoms in total. The second kappa shape index (κ2) is 9.15. The zero-order chi connectivity index (χ0) is 15.7. The standard InChI is InChI=1S/C16H22O5/c1-12(15(19-2)9-16(18)20-3)14(17)11-21-10-13-7-5-4-6-8-13/h4-9,12,14,17H,10-11H2,1-3H3/b15-9+. The minimum Gasteiger partial charge on any atom is -0.500 e. The van der Waals surface area contributed by atoms with Crippen LogP contribution in [0.15, 0.2) is 42.2 Å². The topological polar surface area (TPSA) is 65.0 Å². The van der Waals surface area contributed by atoms with Crippen LogP contribution < -0.4 is 0 Å². The molecule has 0 bridgehead atoms. The van der Waals surface area contributed by atoms with E-state index in [1.165, 1.54) is 20.3 Å². The molecule has 0 aliphatic carbocycles. The van der Waals surface area contributed by atoms with Crippen molar-refractivity contribution in [3.05, 3.63) is 47.7 Å². The van der Waals surface area contributed by atoms with Crippen LogP contribution >= 0.6 is 0 Å². The highest BCUT2D eigenvalue weighted by Gasteiger charge is 2.21. The summed E-state index contributed by atoms with van der Waals surface area (Å²) >= 11 is 0. The van der Waals surface area contributed by atoms with Crippen LogP contribution in [0.25, 0.3) is 0 Å². The van der Waals surface area contributed by atoms with Gasteiger partial charge in [0.25, 0.3) is 0 Å². The van der Waals surface area contributed by atoms with Crippen LogP contribution in [0.1, 0.15) is 12.5 Å². The summed E-state index contributed by atoms with van der Waals surface area (Å²) in [6, 6.07) is 9.70. The number of carbonyl (C=O) groups excluding carboxylic acids is 1. The summed E-state index contributed by atoms with van der Waals surface area (Å²) in [6.45, 7) is 2.33. The average molecular weight is 294 g/mol. The van der Waals surface area contributed by atoms with E-state index in [4.69, 9.17) is 9.47 Å². The number of ether oxygens (including phenoxy) is 3. The van der Waals surface area contributed by atoms with Crippen LogP contribution in [0, 0.1) is 5.92 Å². The first kappa shape index (κ1) is 17.2. The Bertz CT molecular complexity index is 455. The Hall–Kier alpha value is -1.85. The van der Waals surface area contributed by atoms with E-state index in [-0.39, 0.29) is 12.5 Å². The molecule has 0 saturated heterocycles. The van der Waals surface area contributed by atoms with Gasteiger partial charge in [0.1, 0.15) is 5.76 Å². The number of rotatable bonds is 8. The smallest absolute Gasteiger partial charge is 0.333 e. The average Bonchev–Trinajstić information content (AvgIpc) is 2.52. The zero-order valence-electron chi connectivity index (χ0n) is 12.6. The third kappa shape index (κ3) is 5.97. The number of esters is 1. The summed E-state index contributed by atoms with van der Waals surface area (Å²) < 4.78 is 15.1. The fourth-order valence-corrected chi connectivity index (χ4v) is 1.76. The van der Waals surface area contributed by atoms with Crippen LogP contribution in [0.3, 0.4) is 0 Å². The molecule has 1 aromatic carbocycles. The van der Waals surface area contributed by atoms with Gasteiger partial charge in [-0.1, -0.05) is 37.3 Å². The van der Waals surface area contributed by atoms with Crippen molar-refractivity contribution in [3.8, 4) is 0 Å². The lowest BCUT2D eigenvalue weighted by atomic mass is 10.0. The summed E-state index contributed by atoms with van der Waals surface area (Å²) in [6.07, 6.45) is 0.454. The second-order valence-electron chi connectivity index (χ2n) is 4.63. The van der Waals surface area contributed by atoms with Crippen LogP contribution in [0.2, 0.25) is 0 Å². The van der Waals surface area contributed by atoms with Gasteiger partial charge in [0.15, 0.2) is 0 Å². The Balaban J connectivity index is 2.48. The van der Waals surface area contributed by atoms with Crippen LogP contribution in [-0.2, 0) is 25.6 Å². The molecular formula is C16H22O5. The van der Waals surface area contributed by atoms with E-state index >= 15 is 0 Å². The molecule has 0 fully saturated rings. The van der Waals surface area contributed by atoms with E-state index in [9.17, 15) is 9.90 Å². The zero-order valence-corrected chi connectivity index (χ0v) is 12.6. The first-order valence-electron chi connectivity index (χ1n) is 6.71. The maximum absolute atomic E-state index is 11.2. The summed E-state index contributed by atoms with van der Waals surface area (Å²) in [5.41, 5.74) is 1.04. The summed E-state index contributed by atoms with van der Waals surface area (Å²) in [7, 11) is 2.74. The monoisotopic (exact) mass is 294 g/mol. The molecule has 0 aromatic heterocycles. The highest BCUT2D eigenvalue weighted by atomic mass is 16.5. The quantitative estimate of drug-likeness (QED) is 0.451. The van der Waals surface area contributed by atoms with E-state index in [0.717, 1.165) is 5.56 Å². The molecule has 116 valence electrons. The molecule has 0 radical (unpaired) electrons. The predicted molar refractivity (Wildman–Crippen MR) is 78.4 cm³/mol. The molecule has 0 spiro atoms. The predicted octanol–water partition coefficient (Wildman–Crippen LogP) is 1.90. The van der Waals surface area contributed by atoms with Gasteiger partial charge in [0, 0.05) is 5.92 Å². The summed E-state index contributed by atoms with van der Waals surface area (Å²) in [5.74, 6) is -0.529. The molecule has 1 N–H and O–H groups in total. The largest absolute Gasteiger partial charge is 0.500 e. The Labute approximate surface area is 125 Å². The van der Waals surface area contributed by atoms with Gasteiger partial charge in [0.2, 0.25) is 0 Å². The minimum atomic E-state index is -0.774. The van der Waals surface area contributed by atoms with Crippen LogP contribution in [0.4, 0.5) is 0 Å². The van der Waals surface area contributed by atoms with Gasteiger partial charge < -0.3 is 19.3 Å². The fraction of sp³-hybridized carbons (Fsp3) is 0.438.